The Balaban J connectivity index is 1.57. The van der Waals surface area contributed by atoms with Crippen LogP contribution in [-0.2, 0) is 10.0 Å². The van der Waals surface area contributed by atoms with Crippen molar-refractivity contribution in [2.75, 3.05) is 23.8 Å². The van der Waals surface area contributed by atoms with Crippen LogP contribution < -0.4 is 20.1 Å². The largest absolute Gasteiger partial charge is 0.493 e. The minimum absolute atomic E-state index is 0.000131. The maximum atomic E-state index is 14.7. The van der Waals surface area contributed by atoms with E-state index in [1.54, 1.807) is 18.2 Å². The lowest BCUT2D eigenvalue weighted by molar-refractivity contribution is 0.270. The first-order chi connectivity index (χ1) is 20.1. The molecule has 42 heavy (non-hydrogen) atoms. The molecule has 1 unspecified atom stereocenters. The van der Waals surface area contributed by atoms with Crippen LogP contribution in [0.4, 0.5) is 16.0 Å². The zero-order valence-corrected chi connectivity index (χ0v) is 25.0. The van der Waals surface area contributed by atoms with Gasteiger partial charge in [-0.1, -0.05) is 62.5 Å². The first-order valence-corrected chi connectivity index (χ1v) is 15.6. The maximum Gasteiger partial charge on any atom is 0.280 e. The fourth-order valence-electron chi connectivity index (χ4n) is 4.91. The summed E-state index contributed by atoms with van der Waals surface area (Å²) in [5.41, 5.74) is 8.29. The molecule has 5 rings (SSSR count). The highest BCUT2D eigenvalue weighted by atomic mass is 32.2. The summed E-state index contributed by atoms with van der Waals surface area (Å²) < 4.78 is 49.3. The van der Waals surface area contributed by atoms with Crippen LogP contribution in [0.15, 0.2) is 83.9 Å². The highest BCUT2D eigenvalue weighted by Gasteiger charge is 2.31. The molecule has 0 radical (unpaired) electrons. The van der Waals surface area contributed by atoms with Crippen LogP contribution in [0.1, 0.15) is 43.9 Å². The number of nitrogen functional groups attached to an aromatic ring is 1. The van der Waals surface area contributed by atoms with Gasteiger partial charge in [0.05, 0.1) is 23.9 Å². The van der Waals surface area contributed by atoms with Gasteiger partial charge in [0, 0.05) is 18.2 Å². The average Bonchev–Trinajstić information content (AvgIpc) is 3.46. The molecule has 1 fully saturated rings. The molecule has 11 heteroatoms. The number of nitrogens with zero attached hydrogens (tertiary/aromatic N) is 3. The summed E-state index contributed by atoms with van der Waals surface area (Å²) in [6.07, 6.45) is 1.79. The standard InChI is InChI=1S/C31H32FN5O3S2/c1-20(2)19-40-24-17-22(16-23(32)18-24)26-14-13-25(31(41)36-42(38,39)29-12-6-11-28(33)35-29)30(34-26)37-15-7-10-27(37)21-8-4-3-5-9-21/h3-6,8-9,11-14,16-18,20,27H,7,10,15,19H2,1-2H3,(H2,33,35)(H,36,41). The summed E-state index contributed by atoms with van der Waals surface area (Å²) in [5, 5.41) is -0.243. The number of nitrogens with two attached hydrogens (primary N) is 1. The third-order valence-electron chi connectivity index (χ3n) is 6.83. The number of benzene rings is 2. The number of rotatable bonds is 9. The number of thiocarbonyl (C=S) groups is 1. The van der Waals surface area contributed by atoms with E-state index in [9.17, 15) is 12.8 Å². The van der Waals surface area contributed by atoms with Crippen molar-refractivity contribution in [1.29, 1.82) is 0 Å². The summed E-state index contributed by atoms with van der Waals surface area (Å²) in [6.45, 7) is 5.17. The van der Waals surface area contributed by atoms with Crippen molar-refractivity contribution < 1.29 is 17.5 Å². The Labute approximate surface area is 250 Å². The molecule has 1 aliphatic heterocycles. The van der Waals surface area contributed by atoms with Crippen molar-refractivity contribution in [2.45, 2.75) is 37.8 Å². The normalized spacial score (nSPS) is 15.1. The number of anilines is 2. The van der Waals surface area contributed by atoms with E-state index in [-0.39, 0.29) is 27.8 Å². The molecule has 4 aromatic rings. The van der Waals surface area contributed by atoms with Crippen LogP contribution in [0.25, 0.3) is 11.3 Å². The zero-order valence-electron chi connectivity index (χ0n) is 23.3. The number of pyridine rings is 2. The van der Waals surface area contributed by atoms with Crippen LogP contribution in [-0.4, -0.2) is 36.5 Å². The second-order valence-electron chi connectivity index (χ2n) is 10.5. The Morgan fingerprint density at radius 3 is 2.62 bits per heavy atom. The molecule has 0 amide bonds. The molecule has 2 aromatic heterocycles. The number of halogens is 1. The van der Waals surface area contributed by atoms with Gasteiger partial charge in [-0.15, -0.1) is 0 Å². The second kappa shape index (κ2) is 12.4. The van der Waals surface area contributed by atoms with Crippen molar-refractivity contribution in [3.8, 4) is 17.0 Å². The predicted octanol–water partition coefficient (Wildman–Crippen LogP) is 5.90. The fraction of sp³-hybridized carbons (Fsp3) is 0.258. The number of hydrogen-bond donors (Lipinski definition) is 2. The van der Waals surface area contributed by atoms with Gasteiger partial charge < -0.3 is 15.4 Å². The van der Waals surface area contributed by atoms with Gasteiger partial charge in [0.1, 0.15) is 28.2 Å². The first kappa shape index (κ1) is 29.4. The summed E-state index contributed by atoms with van der Waals surface area (Å²) in [7, 11) is -4.12. The van der Waals surface area contributed by atoms with Crippen molar-refractivity contribution in [3.05, 3.63) is 95.8 Å². The van der Waals surface area contributed by atoms with E-state index in [4.69, 9.17) is 27.7 Å². The number of sulfonamides is 1. The molecule has 1 atom stereocenters. The fourth-order valence-corrected chi connectivity index (χ4v) is 6.34. The first-order valence-electron chi connectivity index (χ1n) is 13.7. The molecule has 2 aromatic carbocycles. The van der Waals surface area contributed by atoms with Crippen LogP contribution >= 0.6 is 12.2 Å². The van der Waals surface area contributed by atoms with Crippen molar-refractivity contribution in [3.63, 3.8) is 0 Å². The molecule has 1 aliphatic rings. The maximum absolute atomic E-state index is 14.7. The molecule has 0 aliphatic carbocycles. The Kier molecular flexibility index (Phi) is 8.69. The van der Waals surface area contributed by atoms with Crippen LogP contribution in [0.2, 0.25) is 0 Å². The Morgan fingerprint density at radius 2 is 1.88 bits per heavy atom. The second-order valence-corrected chi connectivity index (χ2v) is 12.6. The molecular weight excluding hydrogens is 574 g/mol. The van der Waals surface area contributed by atoms with E-state index in [1.165, 1.54) is 30.3 Å². The smallest absolute Gasteiger partial charge is 0.280 e. The number of nitrogens with one attached hydrogen (secondary N) is 1. The van der Waals surface area contributed by atoms with Crippen LogP contribution in [0.3, 0.4) is 0 Å². The minimum atomic E-state index is -4.12. The van der Waals surface area contributed by atoms with Gasteiger partial charge in [0.2, 0.25) is 0 Å². The van der Waals surface area contributed by atoms with Crippen molar-refractivity contribution in [2.24, 2.45) is 5.92 Å². The van der Waals surface area contributed by atoms with Crippen LogP contribution in [0, 0.1) is 11.7 Å². The van der Waals surface area contributed by atoms with E-state index in [2.05, 4.69) is 26.7 Å². The number of aromatic nitrogens is 2. The molecular formula is C31H32FN5O3S2. The number of ether oxygens (including phenoxy) is 1. The van der Waals surface area contributed by atoms with Crippen LogP contribution in [0.5, 0.6) is 5.75 Å². The van der Waals surface area contributed by atoms with E-state index in [0.29, 0.717) is 41.5 Å². The third kappa shape index (κ3) is 6.69. The summed E-state index contributed by atoms with van der Waals surface area (Å²) in [4.78, 5) is 11.0. The SMILES string of the molecule is CC(C)COc1cc(F)cc(-c2ccc(C(=S)NS(=O)(=O)c3cccc(N)n3)c(N3CCCC3c3ccccc3)n2)c1. The van der Waals surface area contributed by atoms with Gasteiger partial charge >= 0.3 is 0 Å². The third-order valence-corrected chi connectivity index (χ3v) is 8.53. The van der Waals surface area contributed by atoms with E-state index in [0.717, 1.165) is 18.4 Å². The van der Waals surface area contributed by atoms with E-state index < -0.39 is 15.8 Å². The molecule has 218 valence electrons. The predicted molar refractivity (Wildman–Crippen MR) is 166 cm³/mol. The highest BCUT2D eigenvalue weighted by molar-refractivity contribution is 7.92. The van der Waals surface area contributed by atoms with E-state index in [1.807, 2.05) is 32.0 Å². The van der Waals surface area contributed by atoms with Gasteiger partial charge in [-0.05, 0) is 60.7 Å². The molecule has 8 nitrogen and oxygen atoms in total. The Bertz CT molecular complexity index is 1700. The highest BCUT2D eigenvalue weighted by Crippen LogP contribution is 2.38. The van der Waals surface area contributed by atoms with Gasteiger partial charge in [0.15, 0.2) is 5.03 Å². The molecule has 0 bridgehead atoms. The van der Waals surface area contributed by atoms with Gasteiger partial charge in [-0.25, -0.2) is 14.4 Å². The summed E-state index contributed by atoms with van der Waals surface area (Å²) >= 11 is 5.64. The van der Waals surface area contributed by atoms with Gasteiger partial charge in [0.25, 0.3) is 10.0 Å². The minimum Gasteiger partial charge on any atom is -0.493 e. The lowest BCUT2D eigenvalue weighted by Crippen LogP contribution is -2.33. The quantitative estimate of drug-likeness (QED) is 0.227. The molecule has 0 saturated carbocycles. The van der Waals surface area contributed by atoms with Crippen molar-refractivity contribution >= 4 is 38.9 Å². The Morgan fingerprint density at radius 1 is 1.10 bits per heavy atom. The average molecular weight is 606 g/mol. The number of hydrogen-bond acceptors (Lipinski definition) is 8. The Hall–Kier alpha value is -4.09. The van der Waals surface area contributed by atoms with Crippen molar-refractivity contribution in [1.82, 2.24) is 14.7 Å². The van der Waals surface area contributed by atoms with Gasteiger partial charge in [-0.3, -0.25) is 4.72 Å². The lowest BCUT2D eigenvalue weighted by Gasteiger charge is -2.29. The topological polar surface area (TPSA) is 110 Å². The summed E-state index contributed by atoms with van der Waals surface area (Å²) in [5.74, 6) is 0.816. The molecule has 3 heterocycles. The molecule has 1 saturated heterocycles. The monoisotopic (exact) mass is 605 g/mol. The lowest BCUT2D eigenvalue weighted by atomic mass is 10.0. The zero-order chi connectivity index (χ0) is 29.9. The molecule has 0 spiro atoms. The summed E-state index contributed by atoms with van der Waals surface area (Å²) in [6, 6.07) is 22.3. The van der Waals surface area contributed by atoms with Gasteiger partial charge in [-0.2, -0.15) is 8.42 Å². The molecule has 3 N–H and O–H groups in total. The van der Waals surface area contributed by atoms with E-state index >= 15 is 0 Å².